The lowest BCUT2D eigenvalue weighted by Crippen LogP contribution is -2.37. The van der Waals surface area contributed by atoms with Gasteiger partial charge in [-0.2, -0.15) is 5.10 Å². The van der Waals surface area contributed by atoms with E-state index in [4.69, 9.17) is 9.84 Å². The third-order valence-electron chi connectivity index (χ3n) is 4.75. The largest absolute Gasteiger partial charge is 0.441 e. The van der Waals surface area contributed by atoms with Crippen molar-refractivity contribution in [2.75, 3.05) is 36.0 Å². The summed E-state index contributed by atoms with van der Waals surface area (Å²) in [5, 5.41) is 26.1. The van der Waals surface area contributed by atoms with Crippen molar-refractivity contribution >= 4 is 40.1 Å². The first-order valence-electron chi connectivity index (χ1n) is 9.12. The van der Waals surface area contributed by atoms with E-state index >= 15 is 0 Å². The van der Waals surface area contributed by atoms with Crippen LogP contribution >= 0.6 is 11.3 Å². The van der Waals surface area contributed by atoms with Crippen molar-refractivity contribution in [3.8, 4) is 0 Å². The Hall–Kier alpha value is -3.25. The van der Waals surface area contributed by atoms with Crippen LogP contribution in [0.1, 0.15) is 4.88 Å². The number of halogens is 1. The first-order valence-corrected chi connectivity index (χ1v) is 9.93. The fourth-order valence-corrected chi connectivity index (χ4v) is 4.06. The van der Waals surface area contributed by atoms with Crippen molar-refractivity contribution in [3.63, 3.8) is 0 Å². The van der Waals surface area contributed by atoms with E-state index in [0.29, 0.717) is 31.0 Å². The number of anilines is 2. The van der Waals surface area contributed by atoms with Gasteiger partial charge < -0.3 is 14.7 Å². The summed E-state index contributed by atoms with van der Waals surface area (Å²) in [6.45, 7) is 1.30. The summed E-state index contributed by atoms with van der Waals surface area (Å²) >= 11 is 1.10. The van der Waals surface area contributed by atoms with Crippen LogP contribution in [0.15, 0.2) is 35.4 Å². The van der Waals surface area contributed by atoms with Gasteiger partial charge in [-0.15, -0.1) is 0 Å². The lowest BCUT2D eigenvalue weighted by molar-refractivity contribution is -0.380. The molecule has 30 heavy (non-hydrogen) atoms. The quantitative estimate of drug-likeness (QED) is 0.548. The number of carbonyl (C=O) groups is 1. The molecule has 0 spiro atoms. The summed E-state index contributed by atoms with van der Waals surface area (Å²) in [6.07, 6.45) is 0.269. The summed E-state index contributed by atoms with van der Waals surface area (Å²) in [7, 11) is 0. The predicted octanol–water partition coefficient (Wildman–Crippen LogP) is 2.38. The van der Waals surface area contributed by atoms with Crippen LogP contribution in [0.4, 0.5) is 25.6 Å². The molecular formula is C18H18FN5O5S. The fourth-order valence-electron chi connectivity index (χ4n) is 3.23. The van der Waals surface area contributed by atoms with Crippen LogP contribution in [-0.2, 0) is 11.3 Å². The number of cyclic esters (lactones) is 1. The molecule has 1 atom stereocenters. The van der Waals surface area contributed by atoms with E-state index in [-0.39, 0.29) is 18.2 Å². The molecule has 1 aromatic heterocycles. The molecule has 2 aliphatic heterocycles. The standard InChI is InChI=1S/C18H18FN5O5S/c19-15-7-12(23-8-13(10-25)29-18(23)26)1-3-16(15)21-5-6-22(20-11-21)9-14-2-4-17(30-14)24(27)28/h1-4,7,11,13,25H,5-6,8-10H2. The molecule has 0 saturated carbocycles. The van der Waals surface area contributed by atoms with E-state index in [9.17, 15) is 19.3 Å². The molecule has 158 valence electrons. The van der Waals surface area contributed by atoms with Crippen LogP contribution in [0.2, 0.25) is 0 Å². The van der Waals surface area contributed by atoms with Gasteiger partial charge in [0.05, 0.1) is 42.5 Å². The number of amides is 1. The van der Waals surface area contributed by atoms with Crippen LogP contribution in [0.3, 0.4) is 0 Å². The third kappa shape index (κ3) is 4.04. The average Bonchev–Trinajstić information content (AvgIpc) is 3.35. The maximum absolute atomic E-state index is 14.7. The molecular weight excluding hydrogens is 417 g/mol. The summed E-state index contributed by atoms with van der Waals surface area (Å²) in [5.74, 6) is -0.512. The van der Waals surface area contributed by atoms with Crippen molar-refractivity contribution in [2.24, 2.45) is 5.10 Å². The molecule has 1 N–H and O–H groups in total. The molecule has 1 aromatic carbocycles. The highest BCUT2D eigenvalue weighted by atomic mass is 32.1. The highest BCUT2D eigenvalue weighted by Gasteiger charge is 2.32. The molecule has 12 heteroatoms. The van der Waals surface area contributed by atoms with Gasteiger partial charge in [-0.3, -0.25) is 20.0 Å². The van der Waals surface area contributed by atoms with E-state index in [1.54, 1.807) is 28.1 Å². The number of nitrogens with zero attached hydrogens (tertiary/aromatic N) is 5. The molecule has 1 fully saturated rings. The first kappa shape index (κ1) is 20.0. The lowest BCUT2D eigenvalue weighted by Gasteiger charge is -2.30. The maximum Gasteiger partial charge on any atom is 0.414 e. The summed E-state index contributed by atoms with van der Waals surface area (Å²) in [6, 6.07) is 7.60. The normalized spacial score (nSPS) is 18.8. The number of aliphatic hydroxyl groups is 1. The fraction of sp³-hybridized carbons (Fsp3) is 0.333. The Labute approximate surface area is 174 Å². The van der Waals surface area contributed by atoms with E-state index < -0.39 is 22.9 Å². The Kier molecular flexibility index (Phi) is 5.50. The van der Waals surface area contributed by atoms with Gasteiger partial charge in [0.15, 0.2) is 0 Å². The number of hydrazone groups is 1. The number of hydrogen-bond donors (Lipinski definition) is 1. The second-order valence-corrected chi connectivity index (χ2v) is 7.89. The summed E-state index contributed by atoms with van der Waals surface area (Å²) < 4.78 is 19.7. The smallest absolute Gasteiger partial charge is 0.414 e. The number of carbonyl (C=O) groups excluding carboxylic acids is 1. The van der Waals surface area contributed by atoms with Crippen molar-refractivity contribution in [1.82, 2.24) is 5.01 Å². The van der Waals surface area contributed by atoms with Crippen molar-refractivity contribution in [2.45, 2.75) is 12.6 Å². The molecule has 0 aliphatic carbocycles. The molecule has 0 radical (unpaired) electrons. The number of benzene rings is 1. The minimum Gasteiger partial charge on any atom is -0.441 e. The van der Waals surface area contributed by atoms with Crippen LogP contribution in [0.5, 0.6) is 0 Å². The molecule has 1 amide bonds. The number of nitro groups is 1. The topological polar surface area (TPSA) is 112 Å². The molecule has 1 saturated heterocycles. The van der Waals surface area contributed by atoms with Gasteiger partial charge in [0.2, 0.25) is 0 Å². The molecule has 3 heterocycles. The lowest BCUT2D eigenvalue weighted by atomic mass is 10.2. The van der Waals surface area contributed by atoms with Gasteiger partial charge in [-0.25, -0.2) is 9.18 Å². The van der Waals surface area contributed by atoms with Gasteiger partial charge in [0.1, 0.15) is 18.3 Å². The van der Waals surface area contributed by atoms with E-state index in [0.717, 1.165) is 16.2 Å². The molecule has 0 bridgehead atoms. The molecule has 2 aliphatic rings. The average molecular weight is 435 g/mol. The van der Waals surface area contributed by atoms with Crippen molar-refractivity contribution in [1.29, 1.82) is 0 Å². The van der Waals surface area contributed by atoms with E-state index in [1.807, 2.05) is 0 Å². The number of thiophene rings is 1. The van der Waals surface area contributed by atoms with Gasteiger partial charge in [-0.05, 0) is 24.3 Å². The molecule has 4 rings (SSSR count). The SMILES string of the molecule is O=C1OC(CO)CN1c1ccc(N2C=NN(Cc3ccc([N+](=O)[O-])s3)CC2)c(F)c1. The third-order valence-corrected chi connectivity index (χ3v) is 5.77. The molecule has 2 aromatic rings. The minimum atomic E-state index is -0.620. The zero-order valence-electron chi connectivity index (χ0n) is 15.7. The highest BCUT2D eigenvalue weighted by molar-refractivity contribution is 7.15. The van der Waals surface area contributed by atoms with E-state index in [1.165, 1.54) is 23.4 Å². The predicted molar refractivity (Wildman–Crippen MR) is 108 cm³/mol. The van der Waals surface area contributed by atoms with Gasteiger partial charge in [0.25, 0.3) is 0 Å². The second kappa shape index (κ2) is 8.24. The Morgan fingerprint density at radius 3 is 2.77 bits per heavy atom. The highest BCUT2D eigenvalue weighted by Crippen LogP contribution is 2.29. The summed E-state index contributed by atoms with van der Waals surface area (Å²) in [4.78, 5) is 26.0. The number of hydrogen-bond acceptors (Lipinski definition) is 9. The first-order chi connectivity index (χ1) is 14.4. The minimum absolute atomic E-state index is 0.0852. The number of rotatable bonds is 6. The van der Waals surface area contributed by atoms with Crippen LogP contribution in [0, 0.1) is 15.9 Å². The van der Waals surface area contributed by atoms with Crippen LogP contribution in [0.25, 0.3) is 0 Å². The molecule has 1 unspecified atom stereocenters. The summed E-state index contributed by atoms with van der Waals surface area (Å²) in [5.41, 5.74) is 0.673. The van der Waals surface area contributed by atoms with Crippen molar-refractivity contribution in [3.05, 3.63) is 51.1 Å². The van der Waals surface area contributed by atoms with Gasteiger partial charge in [-0.1, -0.05) is 11.3 Å². The molecule has 10 nitrogen and oxygen atoms in total. The van der Waals surface area contributed by atoms with Crippen LogP contribution < -0.4 is 9.80 Å². The number of ether oxygens (including phenoxy) is 1. The van der Waals surface area contributed by atoms with Crippen LogP contribution in [-0.4, -0.2) is 59.8 Å². The Morgan fingerprint density at radius 1 is 1.33 bits per heavy atom. The Bertz CT molecular complexity index is 999. The maximum atomic E-state index is 14.7. The second-order valence-electron chi connectivity index (χ2n) is 6.74. The van der Waals surface area contributed by atoms with Crippen molar-refractivity contribution < 1.29 is 24.0 Å². The Balaban J connectivity index is 1.42. The van der Waals surface area contributed by atoms with Gasteiger partial charge >= 0.3 is 11.1 Å². The zero-order valence-corrected chi connectivity index (χ0v) is 16.5. The van der Waals surface area contributed by atoms with E-state index in [2.05, 4.69) is 5.10 Å². The Morgan fingerprint density at radius 2 is 2.17 bits per heavy atom. The monoisotopic (exact) mass is 435 g/mol. The number of aliphatic hydroxyl groups excluding tert-OH is 1. The zero-order chi connectivity index (χ0) is 21.3. The van der Waals surface area contributed by atoms with Gasteiger partial charge in [0, 0.05) is 17.5 Å².